The number of hydrogen-bond acceptors (Lipinski definition) is 7. The van der Waals surface area contributed by atoms with Gasteiger partial charge in [-0.3, -0.25) is 14.6 Å². The Morgan fingerprint density at radius 1 is 1.09 bits per heavy atom. The molecule has 0 radical (unpaired) electrons. The van der Waals surface area contributed by atoms with Crippen LogP contribution >= 0.6 is 0 Å². The minimum Gasteiger partial charge on any atom is -0.364 e. The van der Waals surface area contributed by atoms with Crippen LogP contribution in [0, 0.1) is 0 Å². The van der Waals surface area contributed by atoms with Crippen molar-refractivity contribution >= 4 is 34.4 Å². The molecule has 1 fully saturated rings. The molecule has 5 rings (SSSR count). The monoisotopic (exact) mass is 459 g/mol. The van der Waals surface area contributed by atoms with E-state index in [9.17, 15) is 9.59 Å². The molecule has 34 heavy (non-hydrogen) atoms. The van der Waals surface area contributed by atoms with E-state index < -0.39 is 0 Å². The third kappa shape index (κ3) is 4.02. The van der Waals surface area contributed by atoms with Gasteiger partial charge in [-0.15, -0.1) is 0 Å². The van der Waals surface area contributed by atoms with E-state index in [1.54, 1.807) is 6.92 Å². The van der Waals surface area contributed by atoms with Crippen molar-refractivity contribution in [3.05, 3.63) is 53.5 Å². The summed E-state index contributed by atoms with van der Waals surface area (Å²) >= 11 is 0. The van der Waals surface area contributed by atoms with Crippen molar-refractivity contribution in [3.63, 3.8) is 0 Å². The molecule has 0 unspecified atom stereocenters. The highest BCUT2D eigenvalue weighted by molar-refractivity contribution is 5.98. The van der Waals surface area contributed by atoms with Gasteiger partial charge in [0.1, 0.15) is 11.5 Å². The number of amides is 2. The molecular formula is C25H29N7O2. The van der Waals surface area contributed by atoms with Gasteiger partial charge in [0, 0.05) is 56.3 Å². The SMILES string of the molecule is CC(=O)N1CCN(c2nc(NCc3nccc4ccccc34)c3c(n2)C(=O)N(C(C)C)C3)CC1. The lowest BCUT2D eigenvalue weighted by atomic mass is 10.1. The summed E-state index contributed by atoms with van der Waals surface area (Å²) in [7, 11) is 0. The quantitative estimate of drug-likeness (QED) is 0.627. The van der Waals surface area contributed by atoms with E-state index in [4.69, 9.17) is 9.97 Å². The highest BCUT2D eigenvalue weighted by Gasteiger charge is 2.35. The van der Waals surface area contributed by atoms with Crippen LogP contribution in [-0.2, 0) is 17.9 Å². The molecule has 1 aromatic carbocycles. The van der Waals surface area contributed by atoms with Gasteiger partial charge in [0.05, 0.1) is 18.8 Å². The zero-order valence-electron chi connectivity index (χ0n) is 19.8. The number of rotatable bonds is 5. The Morgan fingerprint density at radius 3 is 2.59 bits per heavy atom. The Bertz CT molecular complexity index is 1250. The fourth-order valence-electron chi connectivity index (χ4n) is 4.59. The first-order valence-electron chi connectivity index (χ1n) is 11.7. The molecule has 9 heteroatoms. The van der Waals surface area contributed by atoms with Crippen LogP contribution in [-0.4, -0.2) is 68.8 Å². The van der Waals surface area contributed by atoms with Gasteiger partial charge in [0.2, 0.25) is 11.9 Å². The zero-order chi connectivity index (χ0) is 23.8. The number of fused-ring (bicyclic) bond motifs is 2. The first kappa shape index (κ1) is 22.1. The summed E-state index contributed by atoms with van der Waals surface area (Å²) in [6, 6.07) is 10.2. The van der Waals surface area contributed by atoms with Crippen LogP contribution < -0.4 is 10.2 Å². The highest BCUT2D eigenvalue weighted by atomic mass is 16.2. The van der Waals surface area contributed by atoms with E-state index in [1.165, 1.54) is 0 Å². The Hall–Kier alpha value is -3.75. The van der Waals surface area contributed by atoms with Crippen LogP contribution in [0.3, 0.4) is 0 Å². The molecule has 1 saturated heterocycles. The smallest absolute Gasteiger partial charge is 0.273 e. The number of anilines is 2. The molecule has 1 N–H and O–H groups in total. The van der Waals surface area contributed by atoms with Crippen molar-refractivity contribution in [2.75, 3.05) is 36.4 Å². The van der Waals surface area contributed by atoms with E-state index in [0.29, 0.717) is 56.7 Å². The summed E-state index contributed by atoms with van der Waals surface area (Å²) < 4.78 is 0. The minimum atomic E-state index is -0.0673. The molecule has 3 aromatic rings. The summed E-state index contributed by atoms with van der Waals surface area (Å²) in [4.78, 5) is 44.7. The van der Waals surface area contributed by atoms with Gasteiger partial charge < -0.3 is 20.0 Å². The molecule has 176 valence electrons. The number of carbonyl (C=O) groups excluding carboxylic acids is 2. The summed E-state index contributed by atoms with van der Waals surface area (Å²) in [5.41, 5.74) is 2.21. The lowest BCUT2D eigenvalue weighted by Crippen LogP contribution is -2.48. The molecule has 2 aliphatic heterocycles. The number of piperazine rings is 1. The number of pyridine rings is 1. The minimum absolute atomic E-state index is 0.0665. The van der Waals surface area contributed by atoms with Crippen molar-refractivity contribution in [1.29, 1.82) is 0 Å². The van der Waals surface area contributed by atoms with Crippen LogP contribution in [0.15, 0.2) is 36.5 Å². The van der Waals surface area contributed by atoms with Gasteiger partial charge in [-0.25, -0.2) is 4.98 Å². The second-order valence-corrected chi connectivity index (χ2v) is 9.05. The van der Waals surface area contributed by atoms with Crippen LogP contribution in [0.5, 0.6) is 0 Å². The van der Waals surface area contributed by atoms with Crippen molar-refractivity contribution in [3.8, 4) is 0 Å². The third-order valence-corrected chi connectivity index (χ3v) is 6.60. The van der Waals surface area contributed by atoms with Crippen LogP contribution in [0.1, 0.15) is 42.5 Å². The number of carbonyl (C=O) groups is 2. The number of nitrogens with one attached hydrogen (secondary N) is 1. The summed E-state index contributed by atoms with van der Waals surface area (Å²) in [5, 5.41) is 5.67. The molecule has 4 heterocycles. The maximum absolute atomic E-state index is 13.1. The van der Waals surface area contributed by atoms with Gasteiger partial charge in [0.15, 0.2) is 0 Å². The topological polar surface area (TPSA) is 94.6 Å². The first-order chi connectivity index (χ1) is 16.4. The van der Waals surface area contributed by atoms with Gasteiger partial charge in [-0.05, 0) is 25.3 Å². The average Bonchev–Trinajstić information content (AvgIpc) is 3.19. The Morgan fingerprint density at radius 2 is 1.85 bits per heavy atom. The standard InChI is InChI=1S/C25H29N7O2/c1-16(2)32-15-20-22(24(32)34)28-25(31-12-10-30(11-13-31)17(3)33)29-23(20)27-14-21-19-7-5-4-6-18(19)8-9-26-21/h4-9,16H,10-15H2,1-3H3,(H,27,28,29). The Labute approximate surface area is 198 Å². The van der Waals surface area contributed by atoms with Crippen molar-refractivity contribution in [1.82, 2.24) is 24.8 Å². The number of nitrogens with zero attached hydrogens (tertiary/aromatic N) is 6. The van der Waals surface area contributed by atoms with E-state index in [-0.39, 0.29) is 17.9 Å². The van der Waals surface area contributed by atoms with Crippen LogP contribution in [0.4, 0.5) is 11.8 Å². The maximum Gasteiger partial charge on any atom is 0.273 e. The molecule has 2 amide bonds. The predicted molar refractivity (Wildman–Crippen MR) is 131 cm³/mol. The van der Waals surface area contributed by atoms with Crippen molar-refractivity contribution < 1.29 is 9.59 Å². The van der Waals surface area contributed by atoms with Crippen LogP contribution in [0.2, 0.25) is 0 Å². The molecule has 9 nitrogen and oxygen atoms in total. The van der Waals surface area contributed by atoms with Crippen LogP contribution in [0.25, 0.3) is 10.8 Å². The summed E-state index contributed by atoms with van der Waals surface area (Å²) in [6.45, 7) is 9.06. The van der Waals surface area contributed by atoms with E-state index in [2.05, 4.69) is 22.4 Å². The molecular weight excluding hydrogens is 430 g/mol. The number of benzene rings is 1. The maximum atomic E-state index is 13.1. The van der Waals surface area contributed by atoms with Gasteiger partial charge in [-0.2, -0.15) is 4.98 Å². The normalized spacial score (nSPS) is 15.9. The summed E-state index contributed by atoms with van der Waals surface area (Å²) in [5.74, 6) is 1.19. The molecule has 0 aliphatic carbocycles. The molecule has 0 atom stereocenters. The second-order valence-electron chi connectivity index (χ2n) is 9.05. The molecule has 2 aliphatic rings. The summed E-state index contributed by atoms with van der Waals surface area (Å²) in [6.07, 6.45) is 1.81. The third-order valence-electron chi connectivity index (χ3n) is 6.60. The second kappa shape index (κ2) is 8.89. The lowest BCUT2D eigenvalue weighted by Gasteiger charge is -2.34. The largest absolute Gasteiger partial charge is 0.364 e. The number of aromatic nitrogens is 3. The lowest BCUT2D eigenvalue weighted by molar-refractivity contribution is -0.129. The molecule has 0 bridgehead atoms. The van der Waals surface area contributed by atoms with Gasteiger partial charge >= 0.3 is 0 Å². The molecule has 2 aromatic heterocycles. The Balaban J connectivity index is 1.47. The van der Waals surface area contributed by atoms with Gasteiger partial charge in [-0.1, -0.05) is 24.3 Å². The molecule has 0 spiro atoms. The molecule has 0 saturated carbocycles. The van der Waals surface area contributed by atoms with Crippen molar-refractivity contribution in [2.24, 2.45) is 0 Å². The highest BCUT2D eigenvalue weighted by Crippen LogP contribution is 2.31. The first-order valence-corrected chi connectivity index (χ1v) is 11.7. The Kier molecular flexibility index (Phi) is 5.77. The fourth-order valence-corrected chi connectivity index (χ4v) is 4.59. The fraction of sp³-hybridized carbons (Fsp3) is 0.400. The van der Waals surface area contributed by atoms with Gasteiger partial charge in [0.25, 0.3) is 5.91 Å². The van der Waals surface area contributed by atoms with E-state index >= 15 is 0 Å². The average molecular weight is 460 g/mol. The predicted octanol–water partition coefficient (Wildman–Crippen LogP) is 2.67. The zero-order valence-corrected chi connectivity index (χ0v) is 19.8. The van der Waals surface area contributed by atoms with E-state index in [0.717, 1.165) is 22.0 Å². The number of hydrogen-bond donors (Lipinski definition) is 1. The van der Waals surface area contributed by atoms with Crippen molar-refractivity contribution in [2.45, 2.75) is 39.9 Å². The van der Waals surface area contributed by atoms with E-state index in [1.807, 2.05) is 52.9 Å².